The quantitative estimate of drug-likeness (QED) is 0.479. The smallest absolute Gasteiger partial charge is 0.252 e. The Morgan fingerprint density at radius 2 is 1.81 bits per heavy atom. The summed E-state index contributed by atoms with van der Waals surface area (Å²) >= 11 is 0. The molecule has 2 heterocycles. The van der Waals surface area contributed by atoms with E-state index in [1.54, 1.807) is 18.9 Å². The molecule has 2 aromatic heterocycles. The Morgan fingerprint density at radius 1 is 1.03 bits per heavy atom. The van der Waals surface area contributed by atoms with Gasteiger partial charge in [0.2, 0.25) is 0 Å². The van der Waals surface area contributed by atoms with Gasteiger partial charge in [-0.15, -0.1) is 0 Å². The Labute approximate surface area is 187 Å². The zero-order valence-electron chi connectivity index (χ0n) is 18.7. The van der Waals surface area contributed by atoms with Crippen molar-refractivity contribution in [3.8, 4) is 17.2 Å². The molecule has 0 aliphatic heterocycles. The molecule has 0 atom stereocenters. The molecule has 164 valence electrons. The maximum Gasteiger partial charge on any atom is 0.252 e. The number of nitrogens with zero attached hydrogens (tertiary/aromatic N) is 3. The number of aryl methyl sites for hydroxylation is 2. The Kier molecular flexibility index (Phi) is 6.07. The van der Waals surface area contributed by atoms with Crippen molar-refractivity contribution in [2.75, 3.05) is 20.8 Å². The molecule has 0 unspecified atom stereocenters. The van der Waals surface area contributed by atoms with Gasteiger partial charge in [0.15, 0.2) is 5.65 Å². The number of benzene rings is 2. The first-order valence-corrected chi connectivity index (χ1v) is 10.4. The average Bonchev–Trinajstić information content (AvgIpc) is 3.15. The molecule has 1 amide bonds. The summed E-state index contributed by atoms with van der Waals surface area (Å²) < 4.78 is 12.5. The highest BCUT2D eigenvalue weighted by atomic mass is 16.5. The van der Waals surface area contributed by atoms with E-state index < -0.39 is 0 Å². The fourth-order valence-electron chi connectivity index (χ4n) is 3.81. The molecule has 0 saturated heterocycles. The largest absolute Gasteiger partial charge is 0.497 e. The number of carbonyl (C=O) groups excluding carboxylic acids is 1. The lowest BCUT2D eigenvalue weighted by atomic mass is 10.1. The van der Waals surface area contributed by atoms with Gasteiger partial charge in [-0.05, 0) is 50.1 Å². The molecule has 1 N–H and O–H groups in total. The molecule has 0 aliphatic rings. The molecule has 0 spiro atoms. The molecule has 0 fully saturated rings. The van der Waals surface area contributed by atoms with Crippen LogP contribution in [0.25, 0.3) is 16.7 Å². The summed E-state index contributed by atoms with van der Waals surface area (Å²) in [6, 6.07) is 17.3. The van der Waals surface area contributed by atoms with E-state index in [1.807, 2.05) is 68.4 Å². The maximum atomic E-state index is 13.1. The second kappa shape index (κ2) is 9.09. The number of pyridine rings is 1. The summed E-state index contributed by atoms with van der Waals surface area (Å²) in [6.45, 7) is 4.25. The minimum atomic E-state index is -0.149. The monoisotopic (exact) mass is 430 g/mol. The molecule has 0 saturated carbocycles. The van der Waals surface area contributed by atoms with Crippen molar-refractivity contribution >= 4 is 16.9 Å². The first-order valence-electron chi connectivity index (χ1n) is 10.4. The number of fused-ring (bicyclic) bond motifs is 1. The second-order valence-corrected chi connectivity index (χ2v) is 7.53. The fourth-order valence-corrected chi connectivity index (χ4v) is 3.81. The van der Waals surface area contributed by atoms with E-state index in [2.05, 4.69) is 15.4 Å². The van der Waals surface area contributed by atoms with Gasteiger partial charge in [0.25, 0.3) is 5.91 Å². The predicted octanol–water partition coefficient (Wildman–Crippen LogP) is 4.03. The molecule has 0 radical (unpaired) electrons. The molecule has 4 aromatic rings. The number of aromatic nitrogens is 3. The van der Waals surface area contributed by atoms with Crippen LogP contribution in [0.4, 0.5) is 0 Å². The summed E-state index contributed by atoms with van der Waals surface area (Å²) in [5, 5.41) is 8.45. The number of methoxy groups -OCH3 is 2. The lowest BCUT2D eigenvalue weighted by Crippen LogP contribution is -2.26. The van der Waals surface area contributed by atoms with Crippen LogP contribution in [0.1, 0.15) is 27.3 Å². The Balaban J connectivity index is 1.59. The zero-order chi connectivity index (χ0) is 22.7. The van der Waals surface area contributed by atoms with E-state index in [4.69, 9.17) is 9.47 Å². The second-order valence-electron chi connectivity index (χ2n) is 7.53. The highest BCUT2D eigenvalue weighted by Gasteiger charge is 2.19. The van der Waals surface area contributed by atoms with Gasteiger partial charge >= 0.3 is 0 Å². The van der Waals surface area contributed by atoms with Crippen LogP contribution in [-0.2, 0) is 6.42 Å². The number of rotatable bonds is 7. The molecular formula is C25H26N4O3. The van der Waals surface area contributed by atoms with Crippen molar-refractivity contribution in [2.45, 2.75) is 20.3 Å². The minimum absolute atomic E-state index is 0.149. The number of para-hydroxylation sites is 1. The zero-order valence-corrected chi connectivity index (χ0v) is 18.7. The van der Waals surface area contributed by atoms with Gasteiger partial charge in [0.1, 0.15) is 11.5 Å². The van der Waals surface area contributed by atoms with Crippen LogP contribution in [0.2, 0.25) is 0 Å². The topological polar surface area (TPSA) is 78.3 Å². The fraction of sp³-hybridized carbons (Fsp3) is 0.240. The third-order valence-electron chi connectivity index (χ3n) is 5.36. The summed E-state index contributed by atoms with van der Waals surface area (Å²) in [7, 11) is 3.24. The van der Waals surface area contributed by atoms with Crippen LogP contribution in [0.5, 0.6) is 11.5 Å². The van der Waals surface area contributed by atoms with Gasteiger partial charge < -0.3 is 14.8 Å². The number of hydrogen-bond donors (Lipinski definition) is 1. The standard InChI is InChI=1S/C25H26N4O3/c1-16-14-21(23-17(2)28-29(24(23)27-16)19-8-6-5-7-9-19)25(30)26-13-12-18-10-11-20(31-3)15-22(18)32-4/h5-11,14-15H,12-13H2,1-4H3,(H,26,30). The lowest BCUT2D eigenvalue weighted by Gasteiger charge is -2.12. The number of ether oxygens (including phenoxy) is 2. The van der Waals surface area contributed by atoms with Crippen molar-refractivity contribution in [1.82, 2.24) is 20.1 Å². The summed E-state index contributed by atoms with van der Waals surface area (Å²) in [4.78, 5) is 17.8. The van der Waals surface area contributed by atoms with Gasteiger partial charge in [-0.1, -0.05) is 24.3 Å². The highest BCUT2D eigenvalue weighted by molar-refractivity contribution is 6.06. The average molecular weight is 431 g/mol. The number of hydrogen-bond acceptors (Lipinski definition) is 5. The molecule has 4 rings (SSSR count). The molecule has 7 heteroatoms. The van der Waals surface area contributed by atoms with Crippen LogP contribution in [0.15, 0.2) is 54.6 Å². The first-order chi connectivity index (χ1) is 15.5. The number of nitrogens with one attached hydrogen (secondary N) is 1. The third kappa shape index (κ3) is 4.14. The van der Waals surface area contributed by atoms with Crippen molar-refractivity contribution in [3.05, 3.63) is 77.1 Å². The first kappa shape index (κ1) is 21.4. The van der Waals surface area contributed by atoms with Crippen LogP contribution >= 0.6 is 0 Å². The lowest BCUT2D eigenvalue weighted by molar-refractivity contribution is 0.0955. The van der Waals surface area contributed by atoms with Gasteiger partial charge in [0, 0.05) is 18.3 Å². The van der Waals surface area contributed by atoms with Crippen molar-refractivity contribution in [1.29, 1.82) is 0 Å². The van der Waals surface area contributed by atoms with Gasteiger partial charge in [-0.25, -0.2) is 9.67 Å². The van der Waals surface area contributed by atoms with Crippen LogP contribution < -0.4 is 14.8 Å². The SMILES string of the molecule is COc1ccc(CCNC(=O)c2cc(C)nc3c2c(C)nn3-c2ccccc2)c(OC)c1. The highest BCUT2D eigenvalue weighted by Crippen LogP contribution is 2.26. The summed E-state index contributed by atoms with van der Waals surface area (Å²) in [5.74, 6) is 1.32. The molecule has 2 aromatic carbocycles. The van der Waals surface area contributed by atoms with Crippen LogP contribution in [0, 0.1) is 13.8 Å². The number of carbonyl (C=O) groups is 1. The van der Waals surface area contributed by atoms with Crippen molar-refractivity contribution in [2.24, 2.45) is 0 Å². The summed E-state index contributed by atoms with van der Waals surface area (Å²) in [5.41, 5.74) is 4.68. The van der Waals surface area contributed by atoms with Gasteiger partial charge in [-0.2, -0.15) is 5.10 Å². The van der Waals surface area contributed by atoms with E-state index in [1.165, 1.54) is 0 Å². The van der Waals surface area contributed by atoms with E-state index >= 15 is 0 Å². The van der Waals surface area contributed by atoms with E-state index in [0.717, 1.165) is 39.5 Å². The van der Waals surface area contributed by atoms with E-state index in [9.17, 15) is 4.79 Å². The molecule has 0 aliphatic carbocycles. The Morgan fingerprint density at radius 3 is 2.53 bits per heavy atom. The van der Waals surface area contributed by atoms with Gasteiger partial charge in [-0.3, -0.25) is 4.79 Å². The normalized spacial score (nSPS) is 10.9. The van der Waals surface area contributed by atoms with Gasteiger partial charge in [0.05, 0.1) is 36.6 Å². The third-order valence-corrected chi connectivity index (χ3v) is 5.36. The maximum absolute atomic E-state index is 13.1. The summed E-state index contributed by atoms with van der Waals surface area (Å²) in [6.07, 6.45) is 0.633. The Hall–Kier alpha value is -3.87. The van der Waals surface area contributed by atoms with Crippen molar-refractivity contribution < 1.29 is 14.3 Å². The molecular weight excluding hydrogens is 404 g/mol. The molecule has 32 heavy (non-hydrogen) atoms. The Bertz CT molecular complexity index is 1270. The molecule has 0 bridgehead atoms. The minimum Gasteiger partial charge on any atom is -0.497 e. The van der Waals surface area contributed by atoms with Crippen LogP contribution in [-0.4, -0.2) is 41.4 Å². The van der Waals surface area contributed by atoms with Crippen LogP contribution in [0.3, 0.4) is 0 Å². The molecule has 7 nitrogen and oxygen atoms in total. The van der Waals surface area contributed by atoms with Crippen molar-refractivity contribution in [3.63, 3.8) is 0 Å². The number of amides is 1. The predicted molar refractivity (Wildman–Crippen MR) is 124 cm³/mol. The van der Waals surface area contributed by atoms with E-state index in [0.29, 0.717) is 24.2 Å². The van der Waals surface area contributed by atoms with E-state index in [-0.39, 0.29) is 5.91 Å².